The first-order chi connectivity index (χ1) is 9.08. The molecule has 0 bridgehead atoms. The van der Waals surface area contributed by atoms with E-state index in [4.69, 9.17) is 9.47 Å². The van der Waals surface area contributed by atoms with E-state index in [9.17, 15) is 9.59 Å². The molecule has 0 N–H and O–H groups in total. The van der Waals surface area contributed by atoms with Crippen LogP contribution in [-0.4, -0.2) is 25.2 Å². The van der Waals surface area contributed by atoms with Crippen molar-refractivity contribution in [3.05, 3.63) is 31.0 Å². The molecular weight excluding hydrogens is 244 g/mol. The van der Waals surface area contributed by atoms with Gasteiger partial charge in [-0.3, -0.25) is 9.59 Å². The second kappa shape index (κ2) is 9.17. The van der Waals surface area contributed by atoms with Gasteiger partial charge in [-0.1, -0.05) is 12.7 Å². The Morgan fingerprint density at radius 2 is 1.74 bits per heavy atom. The Labute approximate surface area is 114 Å². The topological polar surface area (TPSA) is 52.6 Å². The van der Waals surface area contributed by atoms with Crippen molar-refractivity contribution in [3.8, 4) is 0 Å². The van der Waals surface area contributed by atoms with Gasteiger partial charge < -0.3 is 9.47 Å². The largest absolute Gasteiger partial charge is 0.465 e. The van der Waals surface area contributed by atoms with Crippen molar-refractivity contribution in [1.29, 1.82) is 0 Å². The van der Waals surface area contributed by atoms with E-state index in [2.05, 4.69) is 18.9 Å². The zero-order valence-electron chi connectivity index (χ0n) is 11.7. The Balaban J connectivity index is 5.30. The SMILES string of the molecule is C=C=CCCC(CC=C)(C(=O)OCC)C(=O)OCC. The molecule has 0 saturated carbocycles. The summed E-state index contributed by atoms with van der Waals surface area (Å²) in [6.45, 7) is 10.9. The fourth-order valence-corrected chi connectivity index (χ4v) is 1.76. The van der Waals surface area contributed by atoms with Crippen molar-refractivity contribution >= 4 is 11.9 Å². The summed E-state index contributed by atoms with van der Waals surface area (Å²) in [4.78, 5) is 24.3. The molecule has 0 amide bonds. The van der Waals surface area contributed by atoms with Crippen molar-refractivity contribution < 1.29 is 19.1 Å². The molecule has 0 rings (SSSR count). The minimum Gasteiger partial charge on any atom is -0.465 e. The zero-order valence-corrected chi connectivity index (χ0v) is 11.7. The molecular formula is C15H22O4. The summed E-state index contributed by atoms with van der Waals surface area (Å²) in [6.07, 6.45) is 4.19. The molecule has 106 valence electrons. The summed E-state index contributed by atoms with van der Waals surface area (Å²) in [5.41, 5.74) is 1.30. The number of allylic oxidation sites excluding steroid dienone is 2. The molecule has 4 nitrogen and oxygen atoms in total. The first-order valence-electron chi connectivity index (χ1n) is 6.38. The number of ether oxygens (including phenoxy) is 2. The normalized spacial score (nSPS) is 10.2. The number of rotatable bonds is 9. The summed E-state index contributed by atoms with van der Waals surface area (Å²) in [6, 6.07) is 0. The van der Waals surface area contributed by atoms with Crippen molar-refractivity contribution in [3.63, 3.8) is 0 Å². The molecule has 0 radical (unpaired) electrons. The lowest BCUT2D eigenvalue weighted by Crippen LogP contribution is -2.41. The summed E-state index contributed by atoms with van der Waals surface area (Å²) in [7, 11) is 0. The average molecular weight is 266 g/mol. The van der Waals surface area contributed by atoms with Crippen LogP contribution in [-0.2, 0) is 19.1 Å². The van der Waals surface area contributed by atoms with Crippen molar-refractivity contribution in [2.24, 2.45) is 5.41 Å². The predicted octanol–water partition coefficient (Wildman–Crippen LogP) is 2.80. The van der Waals surface area contributed by atoms with Gasteiger partial charge in [0.1, 0.15) is 0 Å². The Morgan fingerprint density at radius 3 is 2.11 bits per heavy atom. The molecule has 4 heteroatoms. The lowest BCUT2D eigenvalue weighted by Gasteiger charge is -2.27. The lowest BCUT2D eigenvalue weighted by atomic mass is 9.80. The van der Waals surface area contributed by atoms with Gasteiger partial charge in [-0.05, 0) is 39.2 Å². The van der Waals surface area contributed by atoms with Gasteiger partial charge in [0.05, 0.1) is 13.2 Å². The molecule has 0 aromatic heterocycles. The molecule has 0 aromatic carbocycles. The smallest absolute Gasteiger partial charge is 0.323 e. The molecule has 0 heterocycles. The summed E-state index contributed by atoms with van der Waals surface area (Å²) in [5.74, 6) is -1.13. The lowest BCUT2D eigenvalue weighted by molar-refractivity contribution is -0.172. The van der Waals surface area contributed by atoms with Crippen LogP contribution in [0.3, 0.4) is 0 Å². The molecule has 0 unspecified atom stereocenters. The van der Waals surface area contributed by atoms with Crippen LogP contribution in [0.2, 0.25) is 0 Å². The van der Waals surface area contributed by atoms with Gasteiger partial charge >= 0.3 is 11.9 Å². The van der Waals surface area contributed by atoms with Crippen molar-refractivity contribution in [1.82, 2.24) is 0 Å². The van der Waals surface area contributed by atoms with Gasteiger partial charge in [-0.2, -0.15) is 0 Å². The second-order valence-electron chi connectivity index (χ2n) is 3.96. The standard InChI is InChI=1S/C15H22O4/c1-5-9-10-12-15(11-6-2,13(16)18-7-3)14(17)19-8-4/h6,9H,1-2,7-8,10-12H2,3-4H3. The number of hydrogen-bond acceptors (Lipinski definition) is 4. The number of carbonyl (C=O) groups excluding carboxylic acids is 2. The maximum Gasteiger partial charge on any atom is 0.323 e. The van der Waals surface area contributed by atoms with Gasteiger partial charge in [0.15, 0.2) is 5.41 Å². The quantitative estimate of drug-likeness (QED) is 0.279. The third-order valence-electron chi connectivity index (χ3n) is 2.68. The summed E-state index contributed by atoms with van der Waals surface area (Å²) < 4.78 is 10.0. The number of hydrogen-bond donors (Lipinski definition) is 0. The molecule has 0 aliphatic rings. The monoisotopic (exact) mass is 266 g/mol. The molecule has 0 saturated heterocycles. The van der Waals surface area contributed by atoms with Gasteiger partial charge in [0, 0.05) is 0 Å². The average Bonchev–Trinajstić information content (AvgIpc) is 2.38. The summed E-state index contributed by atoms with van der Waals surface area (Å²) in [5, 5.41) is 0. The maximum atomic E-state index is 12.1. The van der Waals surface area contributed by atoms with E-state index in [0.29, 0.717) is 12.8 Å². The third kappa shape index (κ3) is 4.76. The van der Waals surface area contributed by atoms with Crippen molar-refractivity contribution in [2.45, 2.75) is 33.1 Å². The molecule has 0 atom stereocenters. The van der Waals surface area contributed by atoms with Crippen LogP contribution in [0, 0.1) is 5.41 Å². The van der Waals surface area contributed by atoms with E-state index in [0.717, 1.165) is 0 Å². The summed E-state index contributed by atoms with van der Waals surface area (Å²) >= 11 is 0. The Bertz CT molecular complexity index is 346. The van der Waals surface area contributed by atoms with Crippen LogP contribution in [0.1, 0.15) is 33.1 Å². The second-order valence-corrected chi connectivity index (χ2v) is 3.96. The van der Waals surface area contributed by atoms with E-state index < -0.39 is 17.4 Å². The van der Waals surface area contributed by atoms with Crippen LogP contribution in [0.25, 0.3) is 0 Å². The molecule has 0 spiro atoms. The highest BCUT2D eigenvalue weighted by Crippen LogP contribution is 2.32. The highest BCUT2D eigenvalue weighted by atomic mass is 16.6. The van der Waals surface area contributed by atoms with Crippen LogP contribution in [0.15, 0.2) is 31.0 Å². The molecule has 0 fully saturated rings. The fourth-order valence-electron chi connectivity index (χ4n) is 1.76. The Kier molecular flexibility index (Phi) is 8.30. The molecule has 0 aliphatic heterocycles. The van der Waals surface area contributed by atoms with Gasteiger partial charge in [-0.15, -0.1) is 12.3 Å². The van der Waals surface area contributed by atoms with Crippen LogP contribution >= 0.6 is 0 Å². The van der Waals surface area contributed by atoms with E-state index in [1.54, 1.807) is 19.9 Å². The molecule has 0 aromatic rings. The predicted molar refractivity (Wildman–Crippen MR) is 73.5 cm³/mol. The first-order valence-corrected chi connectivity index (χ1v) is 6.38. The minimum absolute atomic E-state index is 0.190. The Morgan fingerprint density at radius 1 is 1.21 bits per heavy atom. The van der Waals surface area contributed by atoms with Gasteiger partial charge in [0.2, 0.25) is 0 Å². The minimum atomic E-state index is -1.32. The van der Waals surface area contributed by atoms with Crippen LogP contribution in [0.5, 0.6) is 0 Å². The van der Waals surface area contributed by atoms with Crippen LogP contribution in [0.4, 0.5) is 0 Å². The molecule has 0 aliphatic carbocycles. The number of carbonyl (C=O) groups is 2. The number of esters is 2. The van der Waals surface area contributed by atoms with E-state index in [-0.39, 0.29) is 19.6 Å². The van der Waals surface area contributed by atoms with Gasteiger partial charge in [-0.25, -0.2) is 0 Å². The fraction of sp³-hybridized carbons (Fsp3) is 0.533. The first kappa shape index (κ1) is 17.2. The van der Waals surface area contributed by atoms with E-state index in [1.807, 2.05) is 0 Å². The highest BCUT2D eigenvalue weighted by Gasteiger charge is 2.47. The maximum absolute atomic E-state index is 12.1. The van der Waals surface area contributed by atoms with E-state index in [1.165, 1.54) is 6.08 Å². The third-order valence-corrected chi connectivity index (χ3v) is 2.68. The zero-order chi connectivity index (χ0) is 14.7. The molecule has 19 heavy (non-hydrogen) atoms. The van der Waals surface area contributed by atoms with Crippen molar-refractivity contribution in [2.75, 3.05) is 13.2 Å². The van der Waals surface area contributed by atoms with E-state index >= 15 is 0 Å². The van der Waals surface area contributed by atoms with Crippen LogP contribution < -0.4 is 0 Å². The van der Waals surface area contributed by atoms with Gasteiger partial charge in [0.25, 0.3) is 0 Å². The Hall–Kier alpha value is -1.80. The highest BCUT2D eigenvalue weighted by molar-refractivity contribution is 6.00.